The molecule has 0 saturated heterocycles. The lowest BCUT2D eigenvalue weighted by atomic mass is 10.1. The number of hydrogen-bond acceptors (Lipinski definition) is 4. The van der Waals surface area contributed by atoms with Crippen molar-refractivity contribution in [1.82, 2.24) is 9.55 Å². The van der Waals surface area contributed by atoms with Crippen LogP contribution in [0.25, 0.3) is 0 Å². The number of aryl methyl sites for hydroxylation is 2. The first-order valence-electron chi connectivity index (χ1n) is 8.26. The van der Waals surface area contributed by atoms with Crippen LogP contribution in [0.15, 0.2) is 6.07 Å². The Labute approximate surface area is 147 Å². The summed E-state index contributed by atoms with van der Waals surface area (Å²) in [6.07, 6.45) is 0. The van der Waals surface area contributed by atoms with Gasteiger partial charge in [0.2, 0.25) is 5.78 Å². The van der Waals surface area contributed by atoms with Gasteiger partial charge in [-0.2, -0.15) is 0 Å². The molecule has 1 N–H and O–H groups in total. The Morgan fingerprint density at radius 1 is 1.16 bits per heavy atom. The molecule has 25 heavy (non-hydrogen) atoms. The fourth-order valence-electron chi connectivity index (χ4n) is 3.33. The first-order chi connectivity index (χ1) is 11.7. The van der Waals surface area contributed by atoms with Crippen molar-refractivity contribution >= 4 is 17.5 Å². The molecular weight excluding hydrogens is 320 g/mol. The summed E-state index contributed by atoms with van der Waals surface area (Å²) in [5.41, 5.74) is 4.33. The summed E-state index contributed by atoms with van der Waals surface area (Å²) in [6, 6.07) is 1.77. The van der Waals surface area contributed by atoms with Crippen LogP contribution in [0.1, 0.15) is 67.7 Å². The van der Waals surface area contributed by atoms with E-state index in [0.29, 0.717) is 28.1 Å². The second kappa shape index (κ2) is 7.09. The highest BCUT2D eigenvalue weighted by atomic mass is 16.5. The van der Waals surface area contributed by atoms with Crippen molar-refractivity contribution < 1.29 is 19.1 Å². The number of rotatable bonds is 6. The summed E-state index contributed by atoms with van der Waals surface area (Å²) in [5.74, 6) is -0.978. The zero-order chi connectivity index (χ0) is 18.9. The molecule has 6 heteroatoms. The smallest absolute Gasteiger partial charge is 0.340 e. The van der Waals surface area contributed by atoms with Crippen LogP contribution in [-0.2, 0) is 11.3 Å². The van der Waals surface area contributed by atoms with Crippen molar-refractivity contribution in [3.05, 3.63) is 45.5 Å². The van der Waals surface area contributed by atoms with E-state index < -0.39 is 5.97 Å². The minimum Gasteiger partial charge on any atom is -0.454 e. The molecule has 0 fully saturated rings. The molecule has 2 aromatic rings. The summed E-state index contributed by atoms with van der Waals surface area (Å²) < 4.78 is 7.21. The zero-order valence-corrected chi connectivity index (χ0v) is 15.6. The van der Waals surface area contributed by atoms with Crippen molar-refractivity contribution in [2.24, 2.45) is 0 Å². The first kappa shape index (κ1) is 18.7. The number of aromatic nitrogens is 2. The summed E-state index contributed by atoms with van der Waals surface area (Å²) >= 11 is 0. The number of hydrogen-bond donors (Lipinski definition) is 1. The van der Waals surface area contributed by atoms with Crippen LogP contribution in [0.5, 0.6) is 0 Å². The Balaban J connectivity index is 2.14. The molecule has 0 unspecified atom stereocenters. The van der Waals surface area contributed by atoms with Crippen LogP contribution in [0.3, 0.4) is 0 Å². The van der Waals surface area contributed by atoms with Gasteiger partial charge in [0, 0.05) is 29.2 Å². The second-order valence-corrected chi connectivity index (χ2v) is 6.21. The van der Waals surface area contributed by atoms with E-state index in [2.05, 4.69) is 4.98 Å². The lowest BCUT2D eigenvalue weighted by Gasteiger charge is -2.06. The predicted octanol–water partition coefficient (Wildman–Crippen LogP) is 3.31. The normalized spacial score (nSPS) is 10.8. The highest BCUT2D eigenvalue weighted by Gasteiger charge is 2.22. The highest BCUT2D eigenvalue weighted by Crippen LogP contribution is 2.20. The minimum absolute atomic E-state index is 0.102. The van der Waals surface area contributed by atoms with Crippen molar-refractivity contribution in [3.8, 4) is 0 Å². The van der Waals surface area contributed by atoms with Gasteiger partial charge in [-0.15, -0.1) is 0 Å². The fourth-order valence-corrected chi connectivity index (χ4v) is 3.33. The largest absolute Gasteiger partial charge is 0.454 e. The number of ether oxygens (including phenoxy) is 1. The number of H-pyrrole nitrogens is 1. The molecule has 134 valence electrons. The average molecular weight is 344 g/mol. The third-order valence-electron chi connectivity index (χ3n) is 4.51. The van der Waals surface area contributed by atoms with E-state index in [1.165, 1.54) is 6.92 Å². The predicted molar refractivity (Wildman–Crippen MR) is 94.5 cm³/mol. The van der Waals surface area contributed by atoms with Crippen molar-refractivity contribution in [2.75, 3.05) is 6.61 Å². The van der Waals surface area contributed by atoms with E-state index in [9.17, 15) is 14.4 Å². The number of nitrogens with zero attached hydrogens (tertiary/aromatic N) is 1. The van der Waals surface area contributed by atoms with Crippen LogP contribution >= 0.6 is 0 Å². The maximum Gasteiger partial charge on any atom is 0.340 e. The van der Waals surface area contributed by atoms with Gasteiger partial charge in [-0.1, -0.05) is 0 Å². The minimum atomic E-state index is -0.520. The van der Waals surface area contributed by atoms with Crippen LogP contribution in [0.4, 0.5) is 0 Å². The number of carbonyl (C=O) groups is 3. The number of carbonyl (C=O) groups excluding carboxylic acids is 3. The quantitative estimate of drug-likeness (QED) is 0.644. The Morgan fingerprint density at radius 3 is 2.28 bits per heavy atom. The zero-order valence-electron chi connectivity index (χ0n) is 15.6. The molecule has 6 nitrogen and oxygen atoms in total. The van der Waals surface area contributed by atoms with Gasteiger partial charge < -0.3 is 14.3 Å². The third-order valence-corrected chi connectivity index (χ3v) is 4.51. The molecule has 2 heterocycles. The topological polar surface area (TPSA) is 81.2 Å². The van der Waals surface area contributed by atoms with E-state index in [0.717, 1.165) is 17.9 Å². The monoisotopic (exact) mass is 344 g/mol. The Morgan fingerprint density at radius 2 is 1.80 bits per heavy atom. The summed E-state index contributed by atoms with van der Waals surface area (Å²) in [5, 5.41) is 0. The maximum atomic E-state index is 12.4. The van der Waals surface area contributed by atoms with Crippen molar-refractivity contribution in [1.29, 1.82) is 0 Å². The van der Waals surface area contributed by atoms with E-state index in [1.807, 2.05) is 25.3 Å². The van der Waals surface area contributed by atoms with Crippen LogP contribution in [-0.4, -0.2) is 33.7 Å². The average Bonchev–Trinajstić information content (AvgIpc) is 3.00. The molecule has 0 aromatic carbocycles. The van der Waals surface area contributed by atoms with Crippen LogP contribution < -0.4 is 0 Å². The summed E-state index contributed by atoms with van der Waals surface area (Å²) in [7, 11) is 0. The lowest BCUT2D eigenvalue weighted by Crippen LogP contribution is -2.16. The van der Waals surface area contributed by atoms with Crippen molar-refractivity contribution in [3.63, 3.8) is 0 Å². The second-order valence-electron chi connectivity index (χ2n) is 6.21. The number of nitrogens with one attached hydrogen (secondary N) is 1. The third kappa shape index (κ3) is 3.43. The van der Waals surface area contributed by atoms with Gasteiger partial charge in [0.1, 0.15) is 0 Å². The van der Waals surface area contributed by atoms with Crippen LogP contribution in [0.2, 0.25) is 0 Å². The van der Waals surface area contributed by atoms with E-state index in [4.69, 9.17) is 4.74 Å². The number of ketones is 2. The van der Waals surface area contributed by atoms with Gasteiger partial charge in [0.15, 0.2) is 12.4 Å². The maximum absolute atomic E-state index is 12.4. The molecule has 0 amide bonds. The molecule has 0 aliphatic rings. The molecule has 2 rings (SSSR count). The molecule has 0 aliphatic carbocycles. The van der Waals surface area contributed by atoms with Crippen molar-refractivity contribution in [2.45, 2.75) is 48.1 Å². The number of Topliss-reactive ketones (excluding diaryl/α,β-unsaturated/α-hetero) is 2. The highest BCUT2D eigenvalue weighted by molar-refractivity contribution is 6.04. The molecule has 0 aliphatic heterocycles. The molecule has 0 atom stereocenters. The van der Waals surface area contributed by atoms with E-state index >= 15 is 0 Å². The van der Waals surface area contributed by atoms with Gasteiger partial charge in [-0.3, -0.25) is 9.59 Å². The molecule has 0 radical (unpaired) electrons. The molecule has 0 saturated carbocycles. The van der Waals surface area contributed by atoms with E-state index in [1.54, 1.807) is 19.9 Å². The Hall–Kier alpha value is -2.63. The molecular formula is C19H24N2O4. The summed E-state index contributed by atoms with van der Waals surface area (Å²) in [4.78, 5) is 39.3. The standard InChI is InChI=1S/C19H24N2O4/c1-7-21-10(2)8-15(13(21)5)19(24)25-9-16(23)18-11(3)17(14(6)22)12(4)20-18/h8,20H,7,9H2,1-6H3. The van der Waals surface area contributed by atoms with Gasteiger partial charge in [-0.25, -0.2) is 4.79 Å². The van der Waals surface area contributed by atoms with E-state index in [-0.39, 0.29) is 18.2 Å². The molecule has 2 aromatic heterocycles. The number of aromatic amines is 1. The van der Waals surface area contributed by atoms with Gasteiger partial charge in [0.25, 0.3) is 0 Å². The number of esters is 1. The molecule has 0 bridgehead atoms. The van der Waals surface area contributed by atoms with Crippen LogP contribution in [0, 0.1) is 27.7 Å². The lowest BCUT2D eigenvalue weighted by molar-refractivity contribution is 0.0472. The SMILES string of the molecule is CCn1c(C)cc(C(=O)OCC(=O)c2[nH]c(C)c(C(C)=O)c2C)c1C. The summed E-state index contributed by atoms with van der Waals surface area (Å²) in [6.45, 7) is 11.1. The Kier molecular flexibility index (Phi) is 5.30. The van der Waals surface area contributed by atoms with Gasteiger partial charge in [-0.05, 0) is 53.2 Å². The Bertz CT molecular complexity index is 855. The molecule has 0 spiro atoms. The van der Waals surface area contributed by atoms with Gasteiger partial charge >= 0.3 is 5.97 Å². The fraction of sp³-hybridized carbons (Fsp3) is 0.421. The van der Waals surface area contributed by atoms with Gasteiger partial charge in [0.05, 0.1) is 11.3 Å². The first-order valence-corrected chi connectivity index (χ1v) is 8.26.